The Hall–Kier alpha value is -6.60. The maximum Gasteiger partial charge on any atom is 0.407 e. The predicted molar refractivity (Wildman–Crippen MR) is 331 cm³/mol. The molecule has 91 heavy (non-hydrogen) atoms. The second-order valence-corrected chi connectivity index (χ2v) is 22.5. The number of hydrogen-bond acceptors (Lipinski definition) is 21. The van der Waals surface area contributed by atoms with E-state index in [1.807, 2.05) is 0 Å². The van der Waals surface area contributed by atoms with Gasteiger partial charge >= 0.3 is 12.1 Å². The highest BCUT2D eigenvalue weighted by Gasteiger charge is 2.46. The van der Waals surface area contributed by atoms with E-state index < -0.39 is 64.9 Å². The molecule has 2 aliphatic heterocycles. The largest absolute Gasteiger partial charge is 0.458 e. The van der Waals surface area contributed by atoms with Gasteiger partial charge in [0, 0.05) is 41.2 Å². The summed E-state index contributed by atoms with van der Waals surface area (Å²) < 4.78 is 77.2. The number of carbonyl (C=O) groups excluding carboxylic acids is 5. The molecule has 26 nitrogen and oxygen atoms in total. The Morgan fingerprint density at radius 3 is 1.87 bits per heavy atom. The van der Waals surface area contributed by atoms with Crippen molar-refractivity contribution in [3.8, 4) is 11.4 Å². The van der Waals surface area contributed by atoms with Crippen molar-refractivity contribution < 1.29 is 85.6 Å². The maximum absolute atomic E-state index is 15.5. The number of nitrogens with one attached hydrogen (secondary N) is 4. The summed E-state index contributed by atoms with van der Waals surface area (Å²) in [7, 11) is 0. The van der Waals surface area contributed by atoms with Gasteiger partial charge in [0.05, 0.1) is 154 Å². The number of aromatic nitrogens is 2. The van der Waals surface area contributed by atoms with Gasteiger partial charge in [-0.05, 0) is 98.4 Å². The lowest BCUT2D eigenvalue weighted by Gasteiger charge is -2.31. The molecule has 2 aromatic carbocycles. The topological polar surface area (TPSA) is 342 Å². The first-order valence-electron chi connectivity index (χ1n) is 31.4. The summed E-state index contributed by atoms with van der Waals surface area (Å²) in [6, 6.07) is 7.07. The van der Waals surface area contributed by atoms with Crippen LogP contribution in [-0.2, 0) is 103 Å². The number of amides is 4. The van der Waals surface area contributed by atoms with Crippen molar-refractivity contribution in [2.24, 2.45) is 17.4 Å². The number of fused-ring (bicyclic) bond motifs is 5. The van der Waals surface area contributed by atoms with E-state index in [1.165, 1.54) is 10.6 Å². The van der Waals surface area contributed by atoms with Crippen LogP contribution in [0, 0.1) is 18.7 Å². The molecule has 0 saturated carbocycles. The number of pyridine rings is 2. The molecule has 9 N–H and O–H groups in total. The van der Waals surface area contributed by atoms with Crippen LogP contribution in [0.4, 0.5) is 14.9 Å². The first-order valence-corrected chi connectivity index (χ1v) is 31.4. The Kier molecular flexibility index (Phi) is 29.4. The van der Waals surface area contributed by atoms with Crippen LogP contribution in [0.5, 0.6) is 0 Å². The molecular formula is C64H91FN8O18. The lowest BCUT2D eigenvalue weighted by Crippen LogP contribution is -2.54. The Morgan fingerprint density at radius 2 is 1.32 bits per heavy atom. The minimum absolute atomic E-state index is 0.00285. The lowest BCUT2D eigenvalue weighted by atomic mass is 9.81. The molecule has 502 valence electrons. The van der Waals surface area contributed by atoms with Gasteiger partial charge in [0.15, 0.2) is 5.60 Å². The molecule has 4 amide bonds. The molecule has 0 saturated heterocycles. The highest BCUT2D eigenvalue weighted by atomic mass is 19.1. The number of unbranched alkanes of at least 4 members (excludes halogenated alkanes) is 1. The van der Waals surface area contributed by atoms with E-state index in [4.69, 9.17) is 68.6 Å². The van der Waals surface area contributed by atoms with Crippen LogP contribution in [0.3, 0.4) is 0 Å². The number of aryl methyl sites for hydroxylation is 1. The van der Waals surface area contributed by atoms with E-state index in [0.717, 1.165) is 5.56 Å². The molecule has 7 rings (SSSR count). The number of carbonyl (C=O) groups is 5. The number of aliphatic hydroxyl groups is 1. The summed E-state index contributed by atoms with van der Waals surface area (Å²) in [4.78, 5) is 85.9. The number of halogens is 1. The highest BCUT2D eigenvalue weighted by molar-refractivity contribution is 5.98. The van der Waals surface area contributed by atoms with Gasteiger partial charge in [-0.25, -0.2) is 19.0 Å². The molecular weight excluding hydrogens is 1190 g/mol. The third kappa shape index (κ3) is 20.4. The van der Waals surface area contributed by atoms with Crippen molar-refractivity contribution in [1.82, 2.24) is 25.5 Å². The molecule has 4 heterocycles. The van der Waals surface area contributed by atoms with Gasteiger partial charge in [-0.2, -0.15) is 0 Å². The number of anilines is 1. The normalized spacial score (nSPS) is 16.2. The van der Waals surface area contributed by atoms with Crippen molar-refractivity contribution in [2.75, 3.05) is 137 Å². The number of esters is 1. The minimum atomic E-state index is -2.04. The zero-order valence-electron chi connectivity index (χ0n) is 52.8. The summed E-state index contributed by atoms with van der Waals surface area (Å²) >= 11 is 0. The Morgan fingerprint density at radius 1 is 0.747 bits per heavy atom. The smallest absolute Gasteiger partial charge is 0.407 e. The van der Waals surface area contributed by atoms with Crippen molar-refractivity contribution in [3.63, 3.8) is 0 Å². The van der Waals surface area contributed by atoms with Crippen LogP contribution in [-0.4, -0.2) is 189 Å². The van der Waals surface area contributed by atoms with Gasteiger partial charge < -0.3 is 94.5 Å². The lowest BCUT2D eigenvalue weighted by molar-refractivity contribution is -0.172. The number of alkyl carbamates (subject to hydrolysis) is 1. The average Bonchev–Trinajstić information content (AvgIpc) is 1.62. The zero-order chi connectivity index (χ0) is 65.1. The van der Waals surface area contributed by atoms with Crippen LogP contribution in [0.2, 0.25) is 0 Å². The van der Waals surface area contributed by atoms with Crippen molar-refractivity contribution in [1.29, 1.82) is 0 Å². The van der Waals surface area contributed by atoms with Crippen LogP contribution in [0.1, 0.15) is 104 Å². The van der Waals surface area contributed by atoms with E-state index >= 15 is 4.39 Å². The van der Waals surface area contributed by atoms with Crippen LogP contribution in [0.15, 0.2) is 41.2 Å². The second kappa shape index (κ2) is 37.2. The van der Waals surface area contributed by atoms with Crippen LogP contribution < -0.4 is 38.3 Å². The summed E-state index contributed by atoms with van der Waals surface area (Å²) in [6.45, 7) is 14.9. The van der Waals surface area contributed by atoms with Crippen molar-refractivity contribution >= 4 is 46.4 Å². The molecule has 1 aliphatic carbocycles. The molecule has 0 fully saturated rings. The Bertz CT molecular complexity index is 3100. The third-order valence-corrected chi connectivity index (χ3v) is 15.8. The fourth-order valence-electron chi connectivity index (χ4n) is 10.9. The molecule has 0 radical (unpaired) electrons. The van der Waals surface area contributed by atoms with Gasteiger partial charge in [0.25, 0.3) is 5.56 Å². The molecule has 3 aliphatic rings. The number of nitrogens with two attached hydrogens (primary N) is 2. The number of rotatable bonds is 43. The molecule has 4 aromatic rings. The number of cyclic esters (lactones) is 1. The van der Waals surface area contributed by atoms with E-state index in [0.29, 0.717) is 195 Å². The standard InChI is InChI=1S/C64H91FN8O18/c1-5-64(80)48-36-53-58-46(38-73(53)61(77)47(48)40-90-62(64)78)56-50(14-13-45-42(4)49(65)37-52(69-58)55(45)56)71-63(79)91-39-43-9-11-44(12-10-43)68-59(75)51(8-6-7-16-66)70-60(76)57(41(2)3)72-54(74)15-18-81-20-22-83-24-26-85-28-30-87-32-34-89-35-33-88-31-29-86-27-25-84-23-21-82-19-17-67/h9-12,36-37,41,50-51,57,80H,5-8,13-35,38-40,66-67H2,1-4H3,(H,68,75)(H,70,76)(H,71,79)(H,72,74)/t50-,51-,57-,64-/m0/s1. The quantitative estimate of drug-likeness (QED) is 0.0216. The van der Waals surface area contributed by atoms with Gasteiger partial charge in [-0.3, -0.25) is 19.2 Å². The number of benzene rings is 2. The first kappa shape index (κ1) is 71.8. The van der Waals surface area contributed by atoms with Gasteiger partial charge in [-0.15, -0.1) is 0 Å². The number of ether oxygens (including phenoxy) is 11. The Labute approximate surface area is 529 Å². The van der Waals surface area contributed by atoms with Gasteiger partial charge in [0.1, 0.15) is 31.1 Å². The van der Waals surface area contributed by atoms with Gasteiger partial charge in [0.2, 0.25) is 17.7 Å². The molecule has 0 spiro atoms. The SMILES string of the molecule is CC[C@@]1(O)C(=O)OCc2c1cc1n(c2=O)Cc2c-1nc1cc(F)c(C)c3c1c2[C@@H](NC(=O)OCc1ccc(NC(=O)[C@H](CCCCN)NC(=O)[C@@H](NC(=O)CCOCCOCCOCCOCCOCCOCCOCCOCCOCCN)C(C)C)cc1)CC3. The highest BCUT2D eigenvalue weighted by Crippen LogP contribution is 2.46. The Balaban J connectivity index is 0.782. The zero-order valence-corrected chi connectivity index (χ0v) is 52.8. The van der Waals surface area contributed by atoms with E-state index in [9.17, 15) is 33.9 Å². The molecule has 0 bridgehead atoms. The monoisotopic (exact) mass is 1280 g/mol. The summed E-state index contributed by atoms with van der Waals surface area (Å²) in [5.41, 5.74) is 13.6. The van der Waals surface area contributed by atoms with Crippen molar-refractivity contribution in [3.05, 3.63) is 91.5 Å². The molecule has 2 aromatic heterocycles. The first-order chi connectivity index (χ1) is 44.1. The molecule has 27 heteroatoms. The summed E-state index contributed by atoms with van der Waals surface area (Å²) in [6.07, 6.45) is 1.50. The fourth-order valence-corrected chi connectivity index (χ4v) is 10.9. The average molecular weight is 1280 g/mol. The van der Waals surface area contributed by atoms with Gasteiger partial charge in [-0.1, -0.05) is 32.9 Å². The second-order valence-electron chi connectivity index (χ2n) is 22.5. The minimum Gasteiger partial charge on any atom is -0.458 e. The van der Waals surface area contributed by atoms with Crippen LogP contribution >= 0.6 is 0 Å². The van der Waals surface area contributed by atoms with Crippen LogP contribution in [0.25, 0.3) is 22.3 Å². The fraction of sp³-hybridized carbons (Fsp3) is 0.609. The maximum atomic E-state index is 15.5. The summed E-state index contributed by atoms with van der Waals surface area (Å²) in [5, 5.41) is 23.6. The van der Waals surface area contributed by atoms with E-state index in [2.05, 4.69) is 21.3 Å². The van der Waals surface area contributed by atoms with E-state index in [-0.39, 0.29) is 69.3 Å². The number of nitrogens with zero attached hydrogens (tertiary/aromatic N) is 2. The third-order valence-electron chi connectivity index (χ3n) is 15.8. The molecule has 0 unspecified atom stereocenters. The van der Waals surface area contributed by atoms with E-state index in [1.54, 1.807) is 58.0 Å². The number of hydrogen-bond donors (Lipinski definition) is 7. The summed E-state index contributed by atoms with van der Waals surface area (Å²) in [5.74, 6) is -3.00. The predicted octanol–water partition coefficient (Wildman–Crippen LogP) is 3.63. The molecule has 4 atom stereocenters. The van der Waals surface area contributed by atoms with Crippen molar-refractivity contribution in [2.45, 2.75) is 116 Å².